The van der Waals surface area contributed by atoms with Gasteiger partial charge in [-0.25, -0.2) is 0 Å². The first-order chi connectivity index (χ1) is 12.3. The maximum atomic E-state index is 12.4. The molecule has 0 bridgehead atoms. The minimum atomic E-state index is -4.16. The summed E-state index contributed by atoms with van der Waals surface area (Å²) < 4.78 is 30.3. The number of hydrogen-bond donors (Lipinski definition) is 1. The molecule has 2 rings (SSSR count). The molecule has 6 nitrogen and oxygen atoms in total. The molecule has 0 aliphatic carbocycles. The van der Waals surface area contributed by atoms with Gasteiger partial charge in [-0.2, -0.15) is 8.42 Å². The Morgan fingerprint density at radius 2 is 1.89 bits per heavy atom. The minimum absolute atomic E-state index is 0. The van der Waals surface area contributed by atoms with Gasteiger partial charge in [-0.15, -0.1) is 0 Å². The van der Waals surface area contributed by atoms with E-state index in [9.17, 15) is 18.3 Å². The summed E-state index contributed by atoms with van der Waals surface area (Å²) >= 11 is 1.04. The molecule has 27 heavy (non-hydrogen) atoms. The number of thioether (sulfide) groups is 1. The van der Waals surface area contributed by atoms with Crippen molar-refractivity contribution < 1.29 is 52.4 Å². The van der Waals surface area contributed by atoms with Crippen LogP contribution in [0.4, 0.5) is 0 Å². The van der Waals surface area contributed by atoms with Crippen molar-refractivity contribution in [3.8, 4) is 0 Å². The van der Waals surface area contributed by atoms with Gasteiger partial charge in [0.2, 0.25) is 0 Å². The maximum Gasteiger partial charge on any atom is 1.00 e. The number of carbonyl (C=O) groups excluding carboxylic acids is 1. The number of carbonyl (C=O) groups is 1. The Hall–Kier alpha value is -0.900. The van der Waals surface area contributed by atoms with Gasteiger partial charge in [0.15, 0.2) is 5.12 Å². The zero-order chi connectivity index (χ0) is 19.2. The first-order valence-electron chi connectivity index (χ1n) is 8.03. The number of benzene rings is 2. The molecule has 0 heterocycles. The maximum absolute atomic E-state index is 12.4. The van der Waals surface area contributed by atoms with Gasteiger partial charge in [0.05, 0.1) is 12.3 Å². The van der Waals surface area contributed by atoms with Crippen LogP contribution in [0.25, 0.3) is 10.8 Å². The Morgan fingerprint density at radius 1 is 1.22 bits per heavy atom. The average molecular weight is 417 g/mol. The standard InChI is InChI=1S/C18H21NO5S2.Na/c1-13(20)25-12-16(18(21)19-9-10-26(22,23)24)11-15-7-4-6-14-5-2-3-8-17(14)15;/h2-8,16H,9-12H2,1H3,(H,19,21)(H,22,23,24);/q;+1/p-1. The summed E-state index contributed by atoms with van der Waals surface area (Å²) in [5, 5.41) is 14.4. The third-order valence-corrected chi connectivity index (χ3v) is 5.47. The Kier molecular flexibility index (Phi) is 10.0. The van der Waals surface area contributed by atoms with Crippen molar-refractivity contribution >= 4 is 43.7 Å². The number of nitrogens with zero attached hydrogens (tertiary/aromatic N) is 1. The van der Waals surface area contributed by atoms with E-state index >= 15 is 0 Å². The van der Waals surface area contributed by atoms with E-state index in [0.717, 1.165) is 28.1 Å². The van der Waals surface area contributed by atoms with Crippen molar-refractivity contribution in [3.05, 3.63) is 48.0 Å². The fraction of sp³-hybridized carbons (Fsp3) is 0.333. The van der Waals surface area contributed by atoms with Gasteiger partial charge in [0.25, 0.3) is 10.1 Å². The average Bonchev–Trinajstić information content (AvgIpc) is 2.57. The SMILES string of the molecule is CC(=O)SCC(Cc1cccc2ccccc12)C([O-])=NCCS(=O)(=O)O.[Na+]. The summed E-state index contributed by atoms with van der Waals surface area (Å²) in [6.45, 7) is 1.13. The van der Waals surface area contributed by atoms with Crippen LogP contribution in [0.5, 0.6) is 0 Å². The van der Waals surface area contributed by atoms with Gasteiger partial charge in [0, 0.05) is 18.6 Å². The number of aliphatic imine (C=N–C) groups is 1. The Balaban J connectivity index is 0.00000364. The monoisotopic (exact) mass is 417 g/mol. The van der Waals surface area contributed by atoms with E-state index in [-0.39, 0.29) is 47.0 Å². The zero-order valence-electron chi connectivity index (χ0n) is 15.3. The molecule has 0 aliphatic heterocycles. The van der Waals surface area contributed by atoms with Crippen LogP contribution >= 0.6 is 11.8 Å². The van der Waals surface area contributed by atoms with Crippen LogP contribution in [0.3, 0.4) is 0 Å². The van der Waals surface area contributed by atoms with Crippen LogP contribution in [0.1, 0.15) is 12.5 Å². The minimum Gasteiger partial charge on any atom is -0.862 e. The Labute approximate surface area is 185 Å². The molecule has 0 fully saturated rings. The van der Waals surface area contributed by atoms with Crippen molar-refractivity contribution in [2.24, 2.45) is 10.9 Å². The molecule has 0 saturated heterocycles. The molecule has 0 aromatic heterocycles. The van der Waals surface area contributed by atoms with Gasteiger partial charge in [-0.05, 0) is 28.7 Å². The van der Waals surface area contributed by atoms with Crippen LogP contribution in [0.15, 0.2) is 47.5 Å². The molecular weight excluding hydrogens is 397 g/mol. The molecule has 0 aliphatic rings. The molecular formula is C18H20NNaO5S2. The van der Waals surface area contributed by atoms with Gasteiger partial charge in [0.1, 0.15) is 0 Å². The molecule has 0 radical (unpaired) electrons. The van der Waals surface area contributed by atoms with Gasteiger partial charge >= 0.3 is 29.6 Å². The van der Waals surface area contributed by atoms with Crippen molar-refractivity contribution in [3.63, 3.8) is 0 Å². The van der Waals surface area contributed by atoms with Crippen molar-refractivity contribution in [1.29, 1.82) is 0 Å². The summed E-state index contributed by atoms with van der Waals surface area (Å²) in [6.07, 6.45) is 0.399. The van der Waals surface area contributed by atoms with Crippen molar-refractivity contribution in [2.45, 2.75) is 13.3 Å². The molecule has 2 aromatic carbocycles. The number of rotatable bonds is 8. The molecule has 2 aromatic rings. The molecule has 0 saturated carbocycles. The van der Waals surface area contributed by atoms with E-state index in [2.05, 4.69) is 4.99 Å². The summed E-state index contributed by atoms with van der Waals surface area (Å²) in [6, 6.07) is 13.6. The molecule has 1 unspecified atom stereocenters. The second-order valence-electron chi connectivity index (χ2n) is 5.85. The smallest absolute Gasteiger partial charge is 0.862 e. The second kappa shape index (κ2) is 11.2. The van der Waals surface area contributed by atoms with Crippen LogP contribution in [0.2, 0.25) is 0 Å². The van der Waals surface area contributed by atoms with E-state index in [4.69, 9.17) is 4.55 Å². The summed E-state index contributed by atoms with van der Waals surface area (Å²) in [5.74, 6) is -1.33. The van der Waals surface area contributed by atoms with Crippen molar-refractivity contribution in [1.82, 2.24) is 0 Å². The first kappa shape index (κ1) is 24.1. The molecule has 1 atom stereocenters. The van der Waals surface area contributed by atoms with Crippen molar-refractivity contribution in [2.75, 3.05) is 18.1 Å². The number of hydrogen-bond acceptors (Lipinski definition) is 6. The fourth-order valence-corrected chi connectivity index (χ4v) is 3.59. The zero-order valence-corrected chi connectivity index (χ0v) is 18.9. The van der Waals surface area contributed by atoms with Crippen LogP contribution in [-0.2, 0) is 21.3 Å². The van der Waals surface area contributed by atoms with E-state index in [1.165, 1.54) is 6.92 Å². The predicted molar refractivity (Wildman–Crippen MR) is 103 cm³/mol. The fourth-order valence-electron chi connectivity index (χ4n) is 2.57. The van der Waals surface area contributed by atoms with Gasteiger partial charge in [-0.1, -0.05) is 54.2 Å². The third kappa shape index (κ3) is 8.33. The first-order valence-corrected chi connectivity index (χ1v) is 10.6. The number of fused-ring (bicyclic) bond motifs is 1. The summed E-state index contributed by atoms with van der Waals surface area (Å²) in [7, 11) is -4.16. The van der Waals surface area contributed by atoms with E-state index in [1.54, 1.807) is 0 Å². The van der Waals surface area contributed by atoms with E-state index < -0.39 is 27.7 Å². The summed E-state index contributed by atoms with van der Waals surface area (Å²) in [5.41, 5.74) is 0.968. The molecule has 1 N–H and O–H groups in total. The molecule has 140 valence electrons. The Morgan fingerprint density at radius 3 is 2.56 bits per heavy atom. The molecule has 0 amide bonds. The topological polar surface area (TPSA) is 107 Å². The predicted octanol–water partition coefficient (Wildman–Crippen LogP) is -1.07. The second-order valence-corrected chi connectivity index (χ2v) is 8.62. The van der Waals surface area contributed by atoms with Crippen LogP contribution in [0, 0.1) is 5.92 Å². The van der Waals surface area contributed by atoms with E-state index in [0.29, 0.717) is 6.42 Å². The summed E-state index contributed by atoms with van der Waals surface area (Å²) in [4.78, 5) is 15.1. The quantitative estimate of drug-likeness (QED) is 0.254. The van der Waals surface area contributed by atoms with E-state index in [1.807, 2.05) is 42.5 Å². The van der Waals surface area contributed by atoms with Crippen LogP contribution < -0.4 is 34.7 Å². The normalized spacial score (nSPS) is 13.2. The van der Waals surface area contributed by atoms with Gasteiger partial charge in [-0.3, -0.25) is 9.35 Å². The molecule has 0 spiro atoms. The third-order valence-electron chi connectivity index (χ3n) is 3.80. The molecule has 9 heteroatoms. The Bertz CT molecular complexity index is 910. The van der Waals surface area contributed by atoms with Gasteiger partial charge < -0.3 is 10.1 Å². The van der Waals surface area contributed by atoms with Crippen LogP contribution in [-0.4, -0.2) is 42.0 Å². The largest absolute Gasteiger partial charge is 1.00 e.